The molecule has 0 bridgehead atoms. The molecule has 1 aliphatic heterocycles. The van der Waals surface area contributed by atoms with Crippen LogP contribution in [0.2, 0.25) is 0 Å². The second-order valence-corrected chi connectivity index (χ2v) is 6.94. The number of Topliss-reactive ketones (excluding diaryl/α,β-unsaturated/α-hetero) is 1. The number of ketones is 1. The molecule has 1 saturated heterocycles. The molecule has 136 valence electrons. The number of nitrogens with zero attached hydrogens (tertiary/aromatic N) is 1. The lowest BCUT2D eigenvalue weighted by molar-refractivity contribution is -0.136. The minimum atomic E-state index is -0.945. The van der Waals surface area contributed by atoms with Crippen LogP contribution in [0.5, 0.6) is 0 Å². The van der Waals surface area contributed by atoms with Crippen molar-refractivity contribution in [3.8, 4) is 11.1 Å². The van der Waals surface area contributed by atoms with Gasteiger partial charge in [0, 0.05) is 18.0 Å². The number of rotatable bonds is 7. The number of carboxylic acids is 1. The van der Waals surface area contributed by atoms with Gasteiger partial charge in [0.2, 0.25) is 0 Å². The fourth-order valence-corrected chi connectivity index (χ4v) is 3.53. The van der Waals surface area contributed by atoms with Crippen LogP contribution in [0, 0.1) is 0 Å². The van der Waals surface area contributed by atoms with Gasteiger partial charge in [0.15, 0.2) is 5.78 Å². The first-order valence-corrected chi connectivity index (χ1v) is 9.24. The van der Waals surface area contributed by atoms with E-state index in [1.54, 1.807) is 12.1 Å². The van der Waals surface area contributed by atoms with E-state index in [9.17, 15) is 9.59 Å². The highest BCUT2D eigenvalue weighted by Gasteiger charge is 2.19. The molecule has 4 nitrogen and oxygen atoms in total. The van der Waals surface area contributed by atoms with Gasteiger partial charge in [-0.2, -0.15) is 0 Å². The lowest BCUT2D eigenvalue weighted by Gasteiger charge is -2.24. The van der Waals surface area contributed by atoms with Gasteiger partial charge < -0.3 is 5.11 Å². The monoisotopic (exact) mass is 351 g/mol. The number of benzene rings is 2. The predicted molar refractivity (Wildman–Crippen MR) is 102 cm³/mol. The van der Waals surface area contributed by atoms with Gasteiger partial charge in [-0.1, -0.05) is 42.5 Å². The van der Waals surface area contributed by atoms with Crippen LogP contribution in [0.25, 0.3) is 11.1 Å². The van der Waals surface area contributed by atoms with Gasteiger partial charge in [0.1, 0.15) is 0 Å². The van der Waals surface area contributed by atoms with Crippen LogP contribution in [-0.4, -0.2) is 34.8 Å². The van der Waals surface area contributed by atoms with E-state index in [0.717, 1.165) is 11.1 Å². The van der Waals surface area contributed by atoms with Gasteiger partial charge in [-0.05, 0) is 55.6 Å². The Kier molecular flexibility index (Phi) is 5.84. The van der Waals surface area contributed by atoms with Crippen molar-refractivity contribution in [2.75, 3.05) is 13.1 Å². The summed E-state index contributed by atoms with van der Waals surface area (Å²) < 4.78 is 0. The lowest BCUT2D eigenvalue weighted by atomic mass is 9.97. The maximum atomic E-state index is 12.0. The zero-order valence-electron chi connectivity index (χ0n) is 15.1. The van der Waals surface area contributed by atoms with Crippen molar-refractivity contribution in [3.63, 3.8) is 0 Å². The second kappa shape index (κ2) is 8.28. The lowest BCUT2D eigenvalue weighted by Crippen LogP contribution is -2.23. The van der Waals surface area contributed by atoms with Gasteiger partial charge in [-0.25, -0.2) is 0 Å². The average molecular weight is 351 g/mol. The fraction of sp³-hybridized carbons (Fsp3) is 0.364. The van der Waals surface area contributed by atoms with Crippen LogP contribution in [0.1, 0.15) is 54.6 Å². The zero-order valence-corrected chi connectivity index (χ0v) is 15.1. The first kappa shape index (κ1) is 18.3. The molecule has 0 amide bonds. The van der Waals surface area contributed by atoms with E-state index in [1.807, 2.05) is 12.1 Å². The molecule has 0 unspecified atom stereocenters. The highest BCUT2D eigenvalue weighted by Crippen LogP contribution is 2.28. The van der Waals surface area contributed by atoms with Crippen molar-refractivity contribution >= 4 is 11.8 Å². The van der Waals surface area contributed by atoms with E-state index in [-0.39, 0.29) is 18.6 Å². The molecule has 1 atom stereocenters. The summed E-state index contributed by atoms with van der Waals surface area (Å²) in [6.07, 6.45) is 2.47. The molecule has 0 spiro atoms. The van der Waals surface area contributed by atoms with Crippen LogP contribution in [0.4, 0.5) is 0 Å². The molecule has 2 aromatic carbocycles. The minimum Gasteiger partial charge on any atom is -0.481 e. The first-order valence-electron chi connectivity index (χ1n) is 9.24. The Morgan fingerprint density at radius 1 is 1.00 bits per heavy atom. The van der Waals surface area contributed by atoms with Crippen molar-refractivity contribution in [1.82, 2.24) is 4.90 Å². The Labute approximate surface area is 154 Å². The van der Waals surface area contributed by atoms with Crippen molar-refractivity contribution in [2.24, 2.45) is 0 Å². The van der Waals surface area contributed by atoms with Gasteiger partial charge >= 0.3 is 5.97 Å². The van der Waals surface area contributed by atoms with Crippen LogP contribution >= 0.6 is 0 Å². The van der Waals surface area contributed by atoms with E-state index >= 15 is 0 Å². The van der Waals surface area contributed by atoms with Crippen molar-refractivity contribution < 1.29 is 14.7 Å². The van der Waals surface area contributed by atoms with E-state index < -0.39 is 5.97 Å². The molecular formula is C22H25NO3. The Balaban J connectivity index is 1.73. The average Bonchev–Trinajstić information content (AvgIpc) is 3.20. The molecule has 4 heteroatoms. The smallest absolute Gasteiger partial charge is 0.303 e. The summed E-state index contributed by atoms with van der Waals surface area (Å²) >= 11 is 0. The minimum absolute atomic E-state index is 0.0392. The number of hydrogen-bond donors (Lipinski definition) is 1. The fourth-order valence-electron chi connectivity index (χ4n) is 3.53. The highest BCUT2D eigenvalue weighted by molar-refractivity contribution is 5.97. The normalized spacial score (nSPS) is 15.7. The molecule has 1 heterocycles. The Bertz CT molecular complexity index is 776. The molecular weight excluding hydrogens is 326 g/mol. The Morgan fingerprint density at radius 3 is 2.35 bits per heavy atom. The van der Waals surface area contributed by atoms with Crippen molar-refractivity contribution in [2.45, 2.75) is 38.6 Å². The highest BCUT2D eigenvalue weighted by atomic mass is 16.4. The Hall–Kier alpha value is -2.46. The number of likely N-dealkylation sites (tertiary alicyclic amines) is 1. The number of aliphatic carboxylic acids is 1. The van der Waals surface area contributed by atoms with E-state index in [0.29, 0.717) is 11.6 Å². The summed E-state index contributed by atoms with van der Waals surface area (Å²) in [7, 11) is 0. The number of carboxylic acid groups (broad SMARTS) is 1. The molecule has 26 heavy (non-hydrogen) atoms. The summed E-state index contributed by atoms with van der Waals surface area (Å²) in [5.74, 6) is -1.07. The van der Waals surface area contributed by atoms with Crippen LogP contribution in [-0.2, 0) is 4.79 Å². The SMILES string of the molecule is C[C@H](c1cccc(-c2ccc(C(=O)CCC(=O)O)cc2)c1)N1CCCC1. The topological polar surface area (TPSA) is 57.6 Å². The Morgan fingerprint density at radius 2 is 1.69 bits per heavy atom. The summed E-state index contributed by atoms with van der Waals surface area (Å²) in [6.45, 7) is 4.59. The van der Waals surface area contributed by atoms with E-state index in [1.165, 1.54) is 31.5 Å². The number of hydrogen-bond acceptors (Lipinski definition) is 3. The summed E-state index contributed by atoms with van der Waals surface area (Å²) in [5, 5.41) is 8.70. The summed E-state index contributed by atoms with van der Waals surface area (Å²) in [6, 6.07) is 16.4. The van der Waals surface area contributed by atoms with Gasteiger partial charge in [-0.3, -0.25) is 14.5 Å². The van der Waals surface area contributed by atoms with Crippen LogP contribution in [0.3, 0.4) is 0 Å². The molecule has 0 aliphatic carbocycles. The molecule has 0 aromatic heterocycles. The largest absolute Gasteiger partial charge is 0.481 e. The third-order valence-electron chi connectivity index (χ3n) is 5.16. The van der Waals surface area contributed by atoms with Crippen molar-refractivity contribution in [3.05, 3.63) is 59.7 Å². The maximum absolute atomic E-state index is 12.0. The first-order chi connectivity index (χ1) is 12.5. The van der Waals surface area contributed by atoms with E-state index in [4.69, 9.17) is 5.11 Å². The standard InChI is InChI=1S/C22H25NO3/c1-16(23-13-2-3-14-23)19-5-4-6-20(15-19)17-7-9-18(10-8-17)21(24)11-12-22(25)26/h4-10,15-16H,2-3,11-14H2,1H3,(H,25,26)/t16-/m1/s1. The van der Waals surface area contributed by atoms with Gasteiger partial charge in [0.25, 0.3) is 0 Å². The molecule has 0 radical (unpaired) electrons. The summed E-state index contributed by atoms with van der Waals surface area (Å²) in [5.41, 5.74) is 4.08. The molecule has 1 fully saturated rings. The summed E-state index contributed by atoms with van der Waals surface area (Å²) in [4.78, 5) is 25.1. The molecule has 1 aliphatic rings. The second-order valence-electron chi connectivity index (χ2n) is 6.94. The number of carbonyl (C=O) groups excluding carboxylic acids is 1. The molecule has 1 N–H and O–H groups in total. The van der Waals surface area contributed by atoms with Crippen molar-refractivity contribution in [1.29, 1.82) is 0 Å². The molecule has 3 rings (SSSR count). The maximum Gasteiger partial charge on any atom is 0.303 e. The number of carbonyl (C=O) groups is 2. The van der Waals surface area contributed by atoms with Gasteiger partial charge in [0.05, 0.1) is 6.42 Å². The van der Waals surface area contributed by atoms with Gasteiger partial charge in [-0.15, -0.1) is 0 Å². The predicted octanol–water partition coefficient (Wildman–Crippen LogP) is 4.56. The molecule has 0 saturated carbocycles. The third-order valence-corrected chi connectivity index (χ3v) is 5.16. The zero-order chi connectivity index (χ0) is 18.5. The quantitative estimate of drug-likeness (QED) is 0.743. The molecule has 2 aromatic rings. The van der Waals surface area contributed by atoms with Crippen LogP contribution in [0.15, 0.2) is 48.5 Å². The third kappa shape index (κ3) is 4.38. The van der Waals surface area contributed by atoms with Crippen LogP contribution < -0.4 is 0 Å². The van der Waals surface area contributed by atoms with E-state index in [2.05, 4.69) is 36.1 Å².